The summed E-state index contributed by atoms with van der Waals surface area (Å²) in [6, 6.07) is 3.22. The quantitative estimate of drug-likeness (QED) is 0.835. The van der Waals surface area contributed by atoms with Crippen molar-refractivity contribution in [2.45, 2.75) is 39.0 Å². The van der Waals surface area contributed by atoms with Gasteiger partial charge in [0.1, 0.15) is 10.6 Å². The second kappa shape index (κ2) is 6.77. The molecular formula is C16H24ClNO3S. The van der Waals surface area contributed by atoms with Gasteiger partial charge in [0.2, 0.25) is 10.0 Å². The molecule has 0 saturated carbocycles. The van der Waals surface area contributed by atoms with Crippen molar-refractivity contribution in [2.75, 3.05) is 19.7 Å². The minimum absolute atomic E-state index is 0.172. The van der Waals surface area contributed by atoms with E-state index in [-0.39, 0.29) is 4.90 Å². The van der Waals surface area contributed by atoms with E-state index in [9.17, 15) is 8.42 Å². The average Bonchev–Trinajstić information content (AvgIpc) is 2.41. The van der Waals surface area contributed by atoms with E-state index in [1.165, 1.54) is 6.07 Å². The van der Waals surface area contributed by atoms with E-state index in [2.05, 4.69) is 13.8 Å². The Kier molecular flexibility index (Phi) is 5.41. The number of nitrogens with zero attached hydrogens (tertiary/aromatic N) is 1. The molecule has 1 heterocycles. The van der Waals surface area contributed by atoms with Crippen molar-refractivity contribution in [1.82, 2.24) is 4.31 Å². The maximum Gasteiger partial charge on any atom is 0.246 e. The molecule has 2 unspecified atom stereocenters. The highest BCUT2D eigenvalue weighted by Crippen LogP contribution is 2.34. The first-order valence-electron chi connectivity index (χ1n) is 7.68. The highest BCUT2D eigenvalue weighted by atomic mass is 35.5. The summed E-state index contributed by atoms with van der Waals surface area (Å²) in [4.78, 5) is 0.172. The lowest BCUT2D eigenvalue weighted by atomic mass is 9.94. The van der Waals surface area contributed by atoms with Crippen molar-refractivity contribution in [1.29, 1.82) is 0 Å². The summed E-state index contributed by atoms with van der Waals surface area (Å²) >= 11 is 6.15. The topological polar surface area (TPSA) is 46.6 Å². The second-order valence-electron chi connectivity index (χ2n) is 6.25. The lowest BCUT2D eigenvalue weighted by molar-refractivity contribution is 0.222. The third kappa shape index (κ3) is 3.58. The molecule has 4 nitrogen and oxygen atoms in total. The number of hydrogen-bond acceptors (Lipinski definition) is 3. The van der Waals surface area contributed by atoms with Crippen LogP contribution in [0.1, 0.15) is 32.8 Å². The van der Waals surface area contributed by atoms with Crippen molar-refractivity contribution >= 4 is 21.6 Å². The predicted octanol–water partition coefficient (Wildman–Crippen LogP) is 3.71. The highest BCUT2D eigenvalue weighted by molar-refractivity contribution is 7.89. The third-order valence-corrected chi connectivity index (χ3v) is 6.24. The molecule has 1 aliphatic rings. The largest absolute Gasteiger partial charge is 0.492 e. The Labute approximate surface area is 138 Å². The van der Waals surface area contributed by atoms with Crippen LogP contribution < -0.4 is 4.74 Å². The van der Waals surface area contributed by atoms with Crippen LogP contribution in [0.25, 0.3) is 0 Å². The molecule has 0 N–H and O–H groups in total. The normalized spacial score (nSPS) is 23.5. The smallest absolute Gasteiger partial charge is 0.246 e. The second-order valence-corrected chi connectivity index (χ2v) is 8.56. The first-order chi connectivity index (χ1) is 10.3. The van der Waals surface area contributed by atoms with E-state index in [4.69, 9.17) is 16.3 Å². The number of sulfonamides is 1. The fourth-order valence-corrected chi connectivity index (χ4v) is 5.09. The van der Waals surface area contributed by atoms with Gasteiger partial charge in [0.15, 0.2) is 0 Å². The van der Waals surface area contributed by atoms with Crippen LogP contribution in [-0.2, 0) is 10.0 Å². The number of ether oxygens (including phenoxy) is 1. The van der Waals surface area contributed by atoms with Crippen molar-refractivity contribution in [3.63, 3.8) is 0 Å². The van der Waals surface area contributed by atoms with Crippen LogP contribution in [0.4, 0.5) is 0 Å². The fourth-order valence-electron chi connectivity index (χ4n) is 3.05. The first kappa shape index (κ1) is 17.6. The van der Waals surface area contributed by atoms with Gasteiger partial charge in [-0.3, -0.25) is 0 Å². The summed E-state index contributed by atoms with van der Waals surface area (Å²) in [5, 5.41) is 0.445. The molecule has 2 atom stereocenters. The lowest BCUT2D eigenvalue weighted by Gasteiger charge is -2.34. The number of halogens is 1. The molecule has 2 rings (SSSR count). The molecule has 1 aliphatic heterocycles. The third-order valence-electron chi connectivity index (χ3n) is 3.98. The van der Waals surface area contributed by atoms with E-state index < -0.39 is 10.0 Å². The molecule has 0 aromatic heterocycles. The Morgan fingerprint density at radius 1 is 1.27 bits per heavy atom. The molecule has 0 radical (unpaired) electrons. The molecule has 22 heavy (non-hydrogen) atoms. The van der Waals surface area contributed by atoms with E-state index >= 15 is 0 Å². The van der Waals surface area contributed by atoms with E-state index in [1.54, 1.807) is 10.4 Å². The molecule has 0 spiro atoms. The SMILES string of the molecule is CCOc1cc(C)c(Cl)cc1S(=O)(=O)N1CC(C)CC(C)C1. The molecule has 6 heteroatoms. The van der Waals surface area contributed by atoms with E-state index in [0.29, 0.717) is 42.3 Å². The van der Waals surface area contributed by atoms with Gasteiger partial charge in [-0.05, 0) is 49.8 Å². The summed E-state index contributed by atoms with van der Waals surface area (Å²) in [5.41, 5.74) is 0.810. The van der Waals surface area contributed by atoms with Crippen molar-refractivity contribution in [2.24, 2.45) is 11.8 Å². The fraction of sp³-hybridized carbons (Fsp3) is 0.625. The summed E-state index contributed by atoms with van der Waals surface area (Å²) in [6.07, 6.45) is 1.05. The van der Waals surface area contributed by atoms with Gasteiger partial charge in [0.05, 0.1) is 6.61 Å². The average molecular weight is 346 g/mol. The number of benzene rings is 1. The van der Waals surface area contributed by atoms with Crippen LogP contribution in [0.15, 0.2) is 17.0 Å². The maximum absolute atomic E-state index is 13.0. The Bertz CT molecular complexity index is 635. The van der Waals surface area contributed by atoms with Gasteiger partial charge in [0.25, 0.3) is 0 Å². The Balaban J connectivity index is 2.46. The number of piperidine rings is 1. The minimum Gasteiger partial charge on any atom is -0.492 e. The predicted molar refractivity (Wildman–Crippen MR) is 89.1 cm³/mol. The zero-order chi connectivity index (χ0) is 16.5. The van der Waals surface area contributed by atoms with Crippen LogP contribution in [0.5, 0.6) is 5.75 Å². The van der Waals surface area contributed by atoms with Crippen molar-refractivity contribution < 1.29 is 13.2 Å². The van der Waals surface area contributed by atoms with Crippen molar-refractivity contribution in [3.05, 3.63) is 22.7 Å². The van der Waals surface area contributed by atoms with Gasteiger partial charge >= 0.3 is 0 Å². The first-order valence-corrected chi connectivity index (χ1v) is 9.50. The molecule has 1 aromatic carbocycles. The maximum atomic E-state index is 13.0. The zero-order valence-electron chi connectivity index (χ0n) is 13.6. The van der Waals surface area contributed by atoms with Gasteiger partial charge in [0, 0.05) is 18.1 Å². The Morgan fingerprint density at radius 2 is 1.86 bits per heavy atom. The number of aryl methyl sites for hydroxylation is 1. The Morgan fingerprint density at radius 3 is 2.41 bits per heavy atom. The summed E-state index contributed by atoms with van der Waals surface area (Å²) in [7, 11) is -3.60. The molecule has 0 bridgehead atoms. The van der Waals surface area contributed by atoms with Gasteiger partial charge < -0.3 is 4.74 Å². The van der Waals surface area contributed by atoms with Crippen LogP contribution in [0.3, 0.4) is 0 Å². The monoisotopic (exact) mass is 345 g/mol. The highest BCUT2D eigenvalue weighted by Gasteiger charge is 2.33. The summed E-state index contributed by atoms with van der Waals surface area (Å²) in [5.74, 6) is 1.10. The number of rotatable bonds is 4. The van der Waals surface area contributed by atoms with E-state index in [0.717, 1.165) is 12.0 Å². The van der Waals surface area contributed by atoms with Crippen LogP contribution in [0, 0.1) is 18.8 Å². The van der Waals surface area contributed by atoms with Crippen LogP contribution in [-0.4, -0.2) is 32.4 Å². The Hall–Kier alpha value is -0.780. The van der Waals surface area contributed by atoms with Gasteiger partial charge in [-0.25, -0.2) is 8.42 Å². The van der Waals surface area contributed by atoms with Gasteiger partial charge in [-0.2, -0.15) is 4.31 Å². The summed E-state index contributed by atoms with van der Waals surface area (Å²) in [6.45, 7) is 9.36. The number of hydrogen-bond donors (Lipinski definition) is 0. The molecule has 1 aromatic rings. The summed E-state index contributed by atoms with van der Waals surface area (Å²) < 4.78 is 33.2. The molecule has 124 valence electrons. The van der Waals surface area contributed by atoms with Crippen LogP contribution in [0.2, 0.25) is 5.02 Å². The van der Waals surface area contributed by atoms with Gasteiger partial charge in [-0.1, -0.05) is 25.4 Å². The van der Waals surface area contributed by atoms with E-state index in [1.807, 2.05) is 13.8 Å². The molecular weight excluding hydrogens is 322 g/mol. The molecule has 1 fully saturated rings. The molecule has 0 amide bonds. The molecule has 0 aliphatic carbocycles. The lowest BCUT2D eigenvalue weighted by Crippen LogP contribution is -2.42. The standard InChI is InChI=1S/C16H24ClNO3S/c1-5-21-15-7-13(4)14(17)8-16(15)22(19,20)18-9-11(2)6-12(3)10-18/h7-8,11-12H,5-6,9-10H2,1-4H3. The van der Waals surface area contributed by atoms with Crippen LogP contribution >= 0.6 is 11.6 Å². The zero-order valence-corrected chi connectivity index (χ0v) is 15.2. The minimum atomic E-state index is -3.60. The molecule has 1 saturated heterocycles. The van der Waals surface area contributed by atoms with Gasteiger partial charge in [-0.15, -0.1) is 0 Å². The van der Waals surface area contributed by atoms with Crippen molar-refractivity contribution in [3.8, 4) is 5.75 Å².